The Morgan fingerprint density at radius 1 is 1.70 bits per heavy atom. The van der Waals surface area contributed by atoms with Crippen molar-refractivity contribution in [1.29, 1.82) is 0 Å². The first-order valence-electron chi connectivity index (χ1n) is 3.57. The first-order chi connectivity index (χ1) is 4.66. The van der Waals surface area contributed by atoms with Gasteiger partial charge in [0.15, 0.2) is 0 Å². The third kappa shape index (κ3) is 5.79. The van der Waals surface area contributed by atoms with Crippen molar-refractivity contribution in [1.82, 2.24) is 0 Å². The van der Waals surface area contributed by atoms with E-state index in [0.717, 1.165) is 5.57 Å². The summed E-state index contributed by atoms with van der Waals surface area (Å²) in [6, 6.07) is 0. The summed E-state index contributed by atoms with van der Waals surface area (Å²) in [5.74, 6) is 0. The van der Waals surface area contributed by atoms with Crippen molar-refractivity contribution in [3.63, 3.8) is 0 Å². The second kappa shape index (κ2) is 5.45. The summed E-state index contributed by atoms with van der Waals surface area (Å²) in [4.78, 5) is 0. The van der Waals surface area contributed by atoms with Gasteiger partial charge < -0.3 is 9.84 Å². The molecule has 0 aromatic rings. The minimum absolute atomic E-state index is 0.377. The van der Waals surface area contributed by atoms with Crippen LogP contribution in [0.4, 0.5) is 0 Å². The molecule has 0 rings (SSSR count). The lowest BCUT2D eigenvalue weighted by Crippen LogP contribution is -2.15. The Morgan fingerprint density at radius 2 is 2.30 bits per heavy atom. The van der Waals surface area contributed by atoms with Gasteiger partial charge in [0.25, 0.3) is 0 Å². The van der Waals surface area contributed by atoms with Crippen LogP contribution in [-0.4, -0.2) is 24.4 Å². The maximum atomic E-state index is 9.16. The van der Waals surface area contributed by atoms with E-state index in [4.69, 9.17) is 9.84 Å². The Bertz CT molecular complexity index is 99.4. The molecule has 0 fully saturated rings. The van der Waals surface area contributed by atoms with E-state index in [-0.39, 0.29) is 6.10 Å². The van der Waals surface area contributed by atoms with E-state index >= 15 is 0 Å². The summed E-state index contributed by atoms with van der Waals surface area (Å²) in [5.41, 5.74) is 0.993. The zero-order chi connectivity index (χ0) is 7.98. The second-order valence-electron chi connectivity index (χ2n) is 2.47. The van der Waals surface area contributed by atoms with Gasteiger partial charge in [0.1, 0.15) is 0 Å². The number of aliphatic hydroxyl groups excluding tert-OH is 1. The lowest BCUT2D eigenvalue weighted by atomic mass is 10.1. The lowest BCUT2D eigenvalue weighted by Gasteiger charge is -2.08. The number of hydrogen-bond donors (Lipinski definition) is 1. The van der Waals surface area contributed by atoms with Gasteiger partial charge in [0, 0.05) is 6.61 Å². The molecule has 0 aromatic heterocycles. The van der Waals surface area contributed by atoms with Crippen molar-refractivity contribution in [3.05, 3.63) is 12.2 Å². The summed E-state index contributed by atoms with van der Waals surface area (Å²) < 4.78 is 5.01. The van der Waals surface area contributed by atoms with Crippen molar-refractivity contribution in [2.45, 2.75) is 26.4 Å². The molecule has 2 heteroatoms. The molecule has 1 N–H and O–H groups in total. The molecule has 0 aliphatic heterocycles. The fourth-order valence-corrected chi connectivity index (χ4v) is 0.715. The smallest absolute Gasteiger partial charge is 0.0810 e. The summed E-state index contributed by atoms with van der Waals surface area (Å²) in [6.45, 7) is 8.58. The van der Waals surface area contributed by atoms with Crippen LogP contribution in [0.15, 0.2) is 12.2 Å². The van der Waals surface area contributed by atoms with E-state index < -0.39 is 0 Å². The van der Waals surface area contributed by atoms with E-state index in [1.807, 2.05) is 13.8 Å². The Balaban J connectivity index is 3.25. The van der Waals surface area contributed by atoms with Crippen molar-refractivity contribution in [2.75, 3.05) is 13.2 Å². The van der Waals surface area contributed by atoms with Crippen LogP contribution in [0.25, 0.3) is 0 Å². The van der Waals surface area contributed by atoms with Gasteiger partial charge in [0.05, 0.1) is 12.7 Å². The number of ether oxygens (including phenoxy) is 1. The second-order valence-corrected chi connectivity index (χ2v) is 2.47. The Morgan fingerprint density at radius 3 is 2.70 bits per heavy atom. The summed E-state index contributed by atoms with van der Waals surface area (Å²) in [6.07, 6.45) is 0.262. The minimum Gasteiger partial charge on any atom is -0.390 e. The van der Waals surface area contributed by atoms with Gasteiger partial charge >= 0.3 is 0 Å². The molecule has 1 atom stereocenters. The SMILES string of the molecule is C=C(C)CC(O)COCC. The summed E-state index contributed by atoms with van der Waals surface area (Å²) >= 11 is 0. The Kier molecular flexibility index (Phi) is 5.26. The topological polar surface area (TPSA) is 29.5 Å². The van der Waals surface area contributed by atoms with Crippen molar-refractivity contribution in [3.8, 4) is 0 Å². The molecule has 0 heterocycles. The highest BCUT2D eigenvalue weighted by molar-refractivity contribution is 4.90. The first kappa shape index (κ1) is 9.66. The quantitative estimate of drug-likeness (QED) is 0.590. The molecule has 0 radical (unpaired) electrons. The van der Waals surface area contributed by atoms with Gasteiger partial charge in [-0.2, -0.15) is 0 Å². The maximum absolute atomic E-state index is 9.16. The van der Waals surface area contributed by atoms with Crippen LogP contribution >= 0.6 is 0 Å². The molecule has 0 aliphatic carbocycles. The molecule has 0 amide bonds. The van der Waals surface area contributed by atoms with Crippen molar-refractivity contribution in [2.24, 2.45) is 0 Å². The molecule has 0 bridgehead atoms. The van der Waals surface area contributed by atoms with Gasteiger partial charge in [0.2, 0.25) is 0 Å². The van der Waals surface area contributed by atoms with E-state index in [9.17, 15) is 0 Å². The molecule has 10 heavy (non-hydrogen) atoms. The average Bonchev–Trinajstić information content (AvgIpc) is 1.82. The van der Waals surface area contributed by atoms with Crippen molar-refractivity contribution < 1.29 is 9.84 Å². The van der Waals surface area contributed by atoms with Crippen LogP contribution in [0.1, 0.15) is 20.3 Å². The van der Waals surface area contributed by atoms with E-state index in [0.29, 0.717) is 19.6 Å². The van der Waals surface area contributed by atoms with Gasteiger partial charge in [-0.1, -0.05) is 5.57 Å². The molecule has 0 saturated heterocycles. The molecular weight excluding hydrogens is 128 g/mol. The average molecular weight is 144 g/mol. The van der Waals surface area contributed by atoms with Gasteiger partial charge in [-0.25, -0.2) is 0 Å². The monoisotopic (exact) mass is 144 g/mol. The van der Waals surface area contributed by atoms with Crippen LogP contribution in [0.2, 0.25) is 0 Å². The number of aliphatic hydroxyl groups is 1. The van der Waals surface area contributed by atoms with Crippen LogP contribution < -0.4 is 0 Å². The normalized spacial score (nSPS) is 13.1. The van der Waals surface area contributed by atoms with Crippen LogP contribution in [0.5, 0.6) is 0 Å². The van der Waals surface area contributed by atoms with Gasteiger partial charge in [-0.05, 0) is 20.3 Å². The Hall–Kier alpha value is -0.340. The minimum atomic E-state index is -0.377. The standard InChI is InChI=1S/C8H16O2/c1-4-10-6-8(9)5-7(2)3/h8-9H,2,4-6H2,1,3H3. The maximum Gasteiger partial charge on any atom is 0.0810 e. The summed E-state index contributed by atoms with van der Waals surface area (Å²) in [7, 11) is 0. The lowest BCUT2D eigenvalue weighted by molar-refractivity contribution is 0.0431. The molecule has 0 spiro atoms. The van der Waals surface area contributed by atoms with Crippen LogP contribution in [0.3, 0.4) is 0 Å². The zero-order valence-corrected chi connectivity index (χ0v) is 6.76. The van der Waals surface area contributed by atoms with Gasteiger partial charge in [-0.3, -0.25) is 0 Å². The number of hydrogen-bond acceptors (Lipinski definition) is 2. The van der Waals surface area contributed by atoms with E-state index in [1.54, 1.807) is 0 Å². The largest absolute Gasteiger partial charge is 0.390 e. The third-order valence-corrected chi connectivity index (χ3v) is 1.10. The van der Waals surface area contributed by atoms with Crippen molar-refractivity contribution >= 4 is 0 Å². The third-order valence-electron chi connectivity index (χ3n) is 1.10. The van der Waals surface area contributed by atoms with E-state index in [1.165, 1.54) is 0 Å². The zero-order valence-electron chi connectivity index (χ0n) is 6.76. The highest BCUT2D eigenvalue weighted by Gasteiger charge is 2.02. The molecular formula is C8H16O2. The highest BCUT2D eigenvalue weighted by atomic mass is 16.5. The predicted octanol–water partition coefficient (Wildman–Crippen LogP) is 1.35. The summed E-state index contributed by atoms with van der Waals surface area (Å²) in [5, 5.41) is 9.16. The van der Waals surface area contributed by atoms with Gasteiger partial charge in [-0.15, -0.1) is 6.58 Å². The van der Waals surface area contributed by atoms with E-state index in [2.05, 4.69) is 6.58 Å². The molecule has 2 nitrogen and oxygen atoms in total. The predicted molar refractivity (Wildman–Crippen MR) is 41.9 cm³/mol. The highest BCUT2D eigenvalue weighted by Crippen LogP contribution is 2.01. The molecule has 60 valence electrons. The van der Waals surface area contributed by atoms with Crippen LogP contribution in [0, 0.1) is 0 Å². The molecule has 0 saturated carbocycles. The molecule has 0 aliphatic rings. The molecule has 0 aromatic carbocycles. The molecule has 1 unspecified atom stereocenters. The number of rotatable bonds is 5. The van der Waals surface area contributed by atoms with Crippen LogP contribution in [-0.2, 0) is 4.74 Å². The fourth-order valence-electron chi connectivity index (χ4n) is 0.715. The first-order valence-corrected chi connectivity index (χ1v) is 3.57. The fraction of sp³-hybridized carbons (Fsp3) is 0.750. The Labute approximate surface area is 62.5 Å².